The Morgan fingerprint density at radius 2 is 1.53 bits per heavy atom. The first-order valence-corrected chi connectivity index (χ1v) is 6.39. The van der Waals surface area contributed by atoms with Crippen LogP contribution in [0.1, 0.15) is 17.2 Å². The smallest absolute Gasteiger partial charge is 0.128 e. The first-order valence-electron chi connectivity index (χ1n) is 5.60. The van der Waals surface area contributed by atoms with Crippen LogP contribution in [0.5, 0.6) is 0 Å². The summed E-state index contributed by atoms with van der Waals surface area (Å²) in [4.78, 5) is 0. The highest BCUT2D eigenvalue weighted by molar-refractivity contribution is 9.10. The Morgan fingerprint density at radius 1 is 0.947 bits per heavy atom. The standard InChI is InChI=1S/C14H11BrF3N/c1-19-14(10-6-8(16)2-4-12(10)15)11-7-9(17)3-5-13(11)18/h2-7,14,19H,1H3. The van der Waals surface area contributed by atoms with E-state index in [-0.39, 0.29) is 5.56 Å². The van der Waals surface area contributed by atoms with E-state index in [0.717, 1.165) is 18.2 Å². The van der Waals surface area contributed by atoms with Crippen molar-refractivity contribution in [3.05, 3.63) is 69.4 Å². The van der Waals surface area contributed by atoms with Gasteiger partial charge in [-0.15, -0.1) is 0 Å². The van der Waals surface area contributed by atoms with Crippen molar-refractivity contribution < 1.29 is 13.2 Å². The van der Waals surface area contributed by atoms with Crippen molar-refractivity contribution in [1.82, 2.24) is 5.32 Å². The van der Waals surface area contributed by atoms with Gasteiger partial charge >= 0.3 is 0 Å². The lowest BCUT2D eigenvalue weighted by Gasteiger charge is -2.19. The minimum Gasteiger partial charge on any atom is -0.309 e. The van der Waals surface area contributed by atoms with Gasteiger partial charge in [0.05, 0.1) is 6.04 Å². The van der Waals surface area contributed by atoms with E-state index in [0.29, 0.717) is 10.0 Å². The van der Waals surface area contributed by atoms with Gasteiger partial charge in [0.25, 0.3) is 0 Å². The van der Waals surface area contributed by atoms with Crippen molar-refractivity contribution in [2.24, 2.45) is 0 Å². The van der Waals surface area contributed by atoms with Crippen LogP contribution in [-0.4, -0.2) is 7.05 Å². The fourth-order valence-electron chi connectivity index (χ4n) is 1.95. The van der Waals surface area contributed by atoms with Crippen molar-refractivity contribution in [3.63, 3.8) is 0 Å². The van der Waals surface area contributed by atoms with Crippen molar-refractivity contribution in [1.29, 1.82) is 0 Å². The minimum atomic E-state index is -0.638. The Hall–Kier alpha value is -1.33. The Kier molecular flexibility index (Phi) is 4.27. The zero-order valence-corrected chi connectivity index (χ0v) is 11.6. The van der Waals surface area contributed by atoms with Gasteiger partial charge in [0.15, 0.2) is 0 Å². The number of nitrogens with one attached hydrogen (secondary N) is 1. The normalized spacial score (nSPS) is 12.5. The molecule has 0 saturated carbocycles. The van der Waals surface area contributed by atoms with E-state index in [1.807, 2.05) is 0 Å². The molecule has 0 spiro atoms. The molecular weight excluding hydrogens is 319 g/mol. The van der Waals surface area contributed by atoms with E-state index < -0.39 is 23.5 Å². The molecule has 0 fully saturated rings. The molecule has 1 N–H and O–H groups in total. The van der Waals surface area contributed by atoms with Crippen LogP contribution < -0.4 is 5.32 Å². The molecule has 2 aromatic rings. The predicted molar refractivity (Wildman–Crippen MR) is 71.4 cm³/mol. The van der Waals surface area contributed by atoms with Crippen molar-refractivity contribution in [3.8, 4) is 0 Å². The van der Waals surface area contributed by atoms with E-state index in [9.17, 15) is 13.2 Å². The van der Waals surface area contributed by atoms with E-state index in [2.05, 4.69) is 21.2 Å². The summed E-state index contributed by atoms with van der Waals surface area (Å²) in [6, 6.07) is 6.69. The number of hydrogen-bond donors (Lipinski definition) is 1. The van der Waals surface area contributed by atoms with Gasteiger partial charge in [-0.05, 0) is 49.0 Å². The number of rotatable bonds is 3. The highest BCUT2D eigenvalue weighted by atomic mass is 79.9. The lowest BCUT2D eigenvalue weighted by molar-refractivity contribution is 0.554. The number of halogens is 4. The van der Waals surface area contributed by atoms with Crippen molar-refractivity contribution in [2.75, 3.05) is 7.05 Å². The molecular formula is C14H11BrF3N. The summed E-state index contributed by atoms with van der Waals surface area (Å²) in [5.41, 5.74) is 0.640. The van der Waals surface area contributed by atoms with Gasteiger partial charge in [0.1, 0.15) is 17.5 Å². The summed E-state index contributed by atoms with van der Waals surface area (Å²) in [6.07, 6.45) is 0. The monoisotopic (exact) mass is 329 g/mol. The Bertz CT molecular complexity index is 550. The molecule has 0 amide bonds. The molecule has 0 radical (unpaired) electrons. The Balaban J connectivity index is 2.55. The highest BCUT2D eigenvalue weighted by Gasteiger charge is 2.19. The van der Waals surface area contributed by atoms with Crippen LogP contribution in [-0.2, 0) is 0 Å². The molecule has 19 heavy (non-hydrogen) atoms. The van der Waals surface area contributed by atoms with E-state index >= 15 is 0 Å². The molecule has 0 aliphatic heterocycles. The number of hydrogen-bond acceptors (Lipinski definition) is 1. The summed E-state index contributed by atoms with van der Waals surface area (Å²) in [5, 5.41) is 2.87. The first-order chi connectivity index (χ1) is 9.02. The molecule has 1 unspecified atom stereocenters. The van der Waals surface area contributed by atoms with Crippen LogP contribution in [0.25, 0.3) is 0 Å². The maximum Gasteiger partial charge on any atom is 0.128 e. The molecule has 1 atom stereocenters. The fourth-order valence-corrected chi connectivity index (χ4v) is 2.43. The molecule has 0 bridgehead atoms. The average molecular weight is 330 g/mol. The summed E-state index contributed by atoms with van der Waals surface area (Å²) in [6.45, 7) is 0. The Morgan fingerprint density at radius 3 is 2.16 bits per heavy atom. The molecule has 0 heterocycles. The van der Waals surface area contributed by atoms with Crippen LogP contribution in [0.3, 0.4) is 0 Å². The third-order valence-electron chi connectivity index (χ3n) is 2.83. The van der Waals surface area contributed by atoms with Crippen molar-refractivity contribution >= 4 is 15.9 Å². The SMILES string of the molecule is CNC(c1cc(F)ccc1F)c1cc(F)ccc1Br. The van der Waals surface area contributed by atoms with Gasteiger partial charge in [0.2, 0.25) is 0 Å². The summed E-state index contributed by atoms with van der Waals surface area (Å²) in [5.74, 6) is -1.52. The quantitative estimate of drug-likeness (QED) is 0.890. The van der Waals surface area contributed by atoms with Crippen LogP contribution in [0.15, 0.2) is 40.9 Å². The minimum absolute atomic E-state index is 0.133. The van der Waals surface area contributed by atoms with Gasteiger partial charge in [-0.25, -0.2) is 13.2 Å². The highest BCUT2D eigenvalue weighted by Crippen LogP contribution is 2.30. The van der Waals surface area contributed by atoms with Gasteiger partial charge in [-0.3, -0.25) is 0 Å². The average Bonchev–Trinajstić information content (AvgIpc) is 2.38. The molecule has 100 valence electrons. The third-order valence-corrected chi connectivity index (χ3v) is 3.55. The Labute approximate surface area is 117 Å². The zero-order chi connectivity index (χ0) is 14.0. The van der Waals surface area contributed by atoms with Crippen LogP contribution in [0.2, 0.25) is 0 Å². The summed E-state index contributed by atoms with van der Waals surface area (Å²) >= 11 is 3.29. The first kappa shape index (κ1) is 14.1. The van der Waals surface area contributed by atoms with Gasteiger partial charge in [-0.1, -0.05) is 15.9 Å². The molecule has 0 saturated heterocycles. The molecule has 5 heteroatoms. The van der Waals surface area contributed by atoms with Crippen LogP contribution in [0, 0.1) is 17.5 Å². The number of benzene rings is 2. The maximum absolute atomic E-state index is 13.8. The van der Waals surface area contributed by atoms with Gasteiger partial charge in [-0.2, -0.15) is 0 Å². The predicted octanol–water partition coefficient (Wildman–Crippen LogP) is 4.18. The lowest BCUT2D eigenvalue weighted by atomic mass is 9.98. The van der Waals surface area contributed by atoms with Crippen LogP contribution in [0.4, 0.5) is 13.2 Å². The lowest BCUT2D eigenvalue weighted by Crippen LogP contribution is -2.20. The third kappa shape index (κ3) is 2.98. The molecule has 0 aliphatic carbocycles. The molecule has 0 aromatic heterocycles. The molecule has 0 aliphatic rings. The topological polar surface area (TPSA) is 12.0 Å². The maximum atomic E-state index is 13.8. The van der Waals surface area contributed by atoms with Gasteiger partial charge < -0.3 is 5.32 Å². The fraction of sp³-hybridized carbons (Fsp3) is 0.143. The van der Waals surface area contributed by atoms with E-state index in [4.69, 9.17) is 0 Å². The van der Waals surface area contributed by atoms with Gasteiger partial charge in [0, 0.05) is 10.0 Å². The van der Waals surface area contributed by atoms with Crippen LogP contribution >= 0.6 is 15.9 Å². The largest absolute Gasteiger partial charge is 0.309 e. The van der Waals surface area contributed by atoms with E-state index in [1.165, 1.54) is 18.2 Å². The molecule has 1 nitrogen and oxygen atoms in total. The second kappa shape index (κ2) is 5.75. The summed E-state index contributed by atoms with van der Waals surface area (Å²) in [7, 11) is 1.60. The zero-order valence-electron chi connectivity index (χ0n) is 10.1. The second-order valence-electron chi connectivity index (χ2n) is 4.05. The molecule has 2 aromatic carbocycles. The second-order valence-corrected chi connectivity index (χ2v) is 4.91. The molecule has 2 rings (SSSR count). The van der Waals surface area contributed by atoms with E-state index in [1.54, 1.807) is 7.05 Å². The summed E-state index contributed by atoms with van der Waals surface area (Å²) < 4.78 is 41.0. The van der Waals surface area contributed by atoms with Crippen molar-refractivity contribution in [2.45, 2.75) is 6.04 Å².